The monoisotopic (exact) mass is 251 g/mol. The van der Waals surface area contributed by atoms with Crippen molar-refractivity contribution in [3.63, 3.8) is 0 Å². The van der Waals surface area contributed by atoms with Gasteiger partial charge in [-0.3, -0.25) is 0 Å². The molecule has 1 aliphatic carbocycles. The maximum Gasteiger partial charge on any atom is 0.165 e. The molecule has 1 saturated carbocycles. The molecule has 0 aliphatic heterocycles. The van der Waals surface area contributed by atoms with E-state index in [1.54, 1.807) is 12.1 Å². The summed E-state index contributed by atoms with van der Waals surface area (Å²) < 4.78 is 18.6. The SMILES string of the molecule is COc1ccc(C(C)NC(C)C2CCC2)cc1F. The molecule has 2 nitrogen and oxygen atoms in total. The van der Waals surface area contributed by atoms with E-state index in [1.807, 2.05) is 6.07 Å². The topological polar surface area (TPSA) is 21.3 Å². The van der Waals surface area contributed by atoms with E-state index in [9.17, 15) is 4.39 Å². The summed E-state index contributed by atoms with van der Waals surface area (Å²) in [6, 6.07) is 5.84. The van der Waals surface area contributed by atoms with E-state index >= 15 is 0 Å². The van der Waals surface area contributed by atoms with Crippen LogP contribution in [0.4, 0.5) is 4.39 Å². The van der Waals surface area contributed by atoms with Crippen molar-refractivity contribution in [2.24, 2.45) is 5.92 Å². The van der Waals surface area contributed by atoms with Crippen LogP contribution < -0.4 is 10.1 Å². The fourth-order valence-corrected chi connectivity index (χ4v) is 2.52. The van der Waals surface area contributed by atoms with Gasteiger partial charge < -0.3 is 10.1 Å². The van der Waals surface area contributed by atoms with Gasteiger partial charge in [-0.05, 0) is 50.3 Å². The van der Waals surface area contributed by atoms with E-state index in [0.29, 0.717) is 11.8 Å². The molecular weight excluding hydrogens is 229 g/mol. The van der Waals surface area contributed by atoms with Crippen LogP contribution in [0, 0.1) is 11.7 Å². The van der Waals surface area contributed by atoms with Gasteiger partial charge in [0.05, 0.1) is 7.11 Å². The van der Waals surface area contributed by atoms with E-state index < -0.39 is 0 Å². The average molecular weight is 251 g/mol. The van der Waals surface area contributed by atoms with Crippen LogP contribution in [0.3, 0.4) is 0 Å². The number of rotatable bonds is 5. The van der Waals surface area contributed by atoms with Gasteiger partial charge in [0.2, 0.25) is 0 Å². The number of halogens is 1. The molecule has 2 rings (SSSR count). The number of methoxy groups -OCH3 is 1. The zero-order valence-corrected chi connectivity index (χ0v) is 11.4. The Labute approximate surface area is 109 Å². The van der Waals surface area contributed by atoms with Crippen LogP contribution in [-0.2, 0) is 0 Å². The van der Waals surface area contributed by atoms with E-state index in [1.165, 1.54) is 26.4 Å². The molecule has 0 radical (unpaired) electrons. The van der Waals surface area contributed by atoms with Crippen LogP contribution in [0.2, 0.25) is 0 Å². The summed E-state index contributed by atoms with van der Waals surface area (Å²) in [4.78, 5) is 0. The van der Waals surface area contributed by atoms with Crippen LogP contribution in [0.15, 0.2) is 18.2 Å². The number of benzene rings is 1. The summed E-state index contributed by atoms with van der Waals surface area (Å²) in [5.41, 5.74) is 0.972. The Kier molecular flexibility index (Phi) is 4.23. The standard InChI is InChI=1S/C15H22FNO/c1-10(12-5-4-6-12)17-11(2)13-7-8-15(18-3)14(16)9-13/h7-12,17H,4-6H2,1-3H3. The molecule has 1 aliphatic rings. The predicted octanol–water partition coefficient (Wildman–Crippen LogP) is 3.67. The van der Waals surface area contributed by atoms with Crippen LogP contribution >= 0.6 is 0 Å². The molecule has 1 fully saturated rings. The number of ether oxygens (including phenoxy) is 1. The maximum atomic E-state index is 13.6. The molecule has 3 heteroatoms. The third-order valence-corrected chi connectivity index (χ3v) is 4.05. The smallest absolute Gasteiger partial charge is 0.165 e. The zero-order valence-electron chi connectivity index (χ0n) is 11.4. The molecule has 0 saturated heterocycles. The van der Waals surface area contributed by atoms with E-state index in [2.05, 4.69) is 19.2 Å². The van der Waals surface area contributed by atoms with Gasteiger partial charge in [0, 0.05) is 12.1 Å². The van der Waals surface area contributed by atoms with Gasteiger partial charge in [0.1, 0.15) is 0 Å². The van der Waals surface area contributed by atoms with Crippen molar-refractivity contribution in [1.29, 1.82) is 0 Å². The largest absolute Gasteiger partial charge is 0.494 e. The van der Waals surface area contributed by atoms with Crippen LogP contribution in [0.1, 0.15) is 44.7 Å². The normalized spacial score (nSPS) is 19.1. The minimum Gasteiger partial charge on any atom is -0.494 e. The fourth-order valence-electron chi connectivity index (χ4n) is 2.52. The highest BCUT2D eigenvalue weighted by atomic mass is 19.1. The summed E-state index contributed by atoms with van der Waals surface area (Å²) in [6.07, 6.45) is 3.98. The highest BCUT2D eigenvalue weighted by Gasteiger charge is 2.25. The summed E-state index contributed by atoms with van der Waals surface area (Å²) in [7, 11) is 1.48. The molecule has 0 spiro atoms. The quantitative estimate of drug-likeness (QED) is 0.862. The zero-order chi connectivity index (χ0) is 13.1. The lowest BCUT2D eigenvalue weighted by atomic mass is 9.80. The summed E-state index contributed by atoms with van der Waals surface area (Å²) in [5.74, 6) is 0.800. The van der Waals surface area contributed by atoms with Crippen molar-refractivity contribution in [2.75, 3.05) is 7.11 Å². The van der Waals surface area contributed by atoms with Crippen molar-refractivity contribution in [3.05, 3.63) is 29.6 Å². The fraction of sp³-hybridized carbons (Fsp3) is 0.600. The second kappa shape index (κ2) is 5.70. The van der Waals surface area contributed by atoms with E-state index in [0.717, 1.165) is 11.5 Å². The van der Waals surface area contributed by atoms with Gasteiger partial charge >= 0.3 is 0 Å². The van der Waals surface area contributed by atoms with E-state index in [4.69, 9.17) is 4.74 Å². The summed E-state index contributed by atoms with van der Waals surface area (Å²) >= 11 is 0. The molecule has 1 aromatic rings. The van der Waals surface area contributed by atoms with Gasteiger partial charge in [0.15, 0.2) is 11.6 Å². The van der Waals surface area contributed by atoms with E-state index in [-0.39, 0.29) is 11.9 Å². The molecule has 0 amide bonds. The Balaban J connectivity index is 1.99. The van der Waals surface area contributed by atoms with Gasteiger partial charge in [-0.2, -0.15) is 0 Å². The lowest BCUT2D eigenvalue weighted by molar-refractivity contribution is 0.229. The third-order valence-electron chi connectivity index (χ3n) is 4.05. The molecule has 2 unspecified atom stereocenters. The Morgan fingerprint density at radius 1 is 1.33 bits per heavy atom. The van der Waals surface area contributed by atoms with Crippen molar-refractivity contribution < 1.29 is 9.13 Å². The lowest BCUT2D eigenvalue weighted by Crippen LogP contribution is -2.38. The first-order chi connectivity index (χ1) is 8.61. The first-order valence-electron chi connectivity index (χ1n) is 6.71. The Morgan fingerprint density at radius 3 is 2.56 bits per heavy atom. The molecule has 1 N–H and O–H groups in total. The molecule has 1 aromatic carbocycles. The minimum absolute atomic E-state index is 0.168. The molecule has 100 valence electrons. The van der Waals surface area contributed by atoms with Crippen LogP contribution in [-0.4, -0.2) is 13.2 Å². The first-order valence-corrected chi connectivity index (χ1v) is 6.71. The van der Waals surface area contributed by atoms with Gasteiger partial charge in [0.25, 0.3) is 0 Å². The molecule has 18 heavy (non-hydrogen) atoms. The molecule has 0 aromatic heterocycles. The highest BCUT2D eigenvalue weighted by molar-refractivity contribution is 5.30. The summed E-state index contributed by atoms with van der Waals surface area (Å²) in [6.45, 7) is 4.30. The average Bonchev–Trinajstić information content (AvgIpc) is 2.26. The number of hydrogen-bond acceptors (Lipinski definition) is 2. The van der Waals surface area contributed by atoms with Gasteiger partial charge in [-0.25, -0.2) is 4.39 Å². The summed E-state index contributed by atoms with van der Waals surface area (Å²) in [5, 5.41) is 3.56. The second-order valence-corrected chi connectivity index (χ2v) is 5.26. The number of nitrogens with one attached hydrogen (secondary N) is 1. The predicted molar refractivity (Wildman–Crippen MR) is 71.3 cm³/mol. The molecular formula is C15H22FNO. The van der Waals surface area contributed by atoms with Crippen LogP contribution in [0.25, 0.3) is 0 Å². The third kappa shape index (κ3) is 2.83. The second-order valence-electron chi connectivity index (χ2n) is 5.26. The van der Waals surface area contributed by atoms with Crippen molar-refractivity contribution in [1.82, 2.24) is 5.32 Å². The van der Waals surface area contributed by atoms with Crippen molar-refractivity contribution >= 4 is 0 Å². The Bertz CT molecular complexity index is 403. The minimum atomic E-state index is -0.292. The molecule has 0 heterocycles. The first kappa shape index (κ1) is 13.3. The highest BCUT2D eigenvalue weighted by Crippen LogP contribution is 2.31. The Hall–Kier alpha value is -1.09. The molecule has 2 atom stereocenters. The molecule has 0 bridgehead atoms. The van der Waals surface area contributed by atoms with Crippen molar-refractivity contribution in [3.8, 4) is 5.75 Å². The van der Waals surface area contributed by atoms with Gasteiger partial charge in [-0.1, -0.05) is 12.5 Å². The number of hydrogen-bond donors (Lipinski definition) is 1. The lowest BCUT2D eigenvalue weighted by Gasteiger charge is -2.34. The van der Waals surface area contributed by atoms with Gasteiger partial charge in [-0.15, -0.1) is 0 Å². The van der Waals surface area contributed by atoms with Crippen LogP contribution in [0.5, 0.6) is 5.75 Å². The Morgan fingerprint density at radius 2 is 2.06 bits per heavy atom. The van der Waals surface area contributed by atoms with Crippen molar-refractivity contribution in [2.45, 2.75) is 45.2 Å². The maximum absolute atomic E-state index is 13.6.